The van der Waals surface area contributed by atoms with Crippen LogP contribution in [0.25, 0.3) is 17.1 Å². The Labute approximate surface area is 155 Å². The lowest BCUT2D eigenvalue weighted by molar-refractivity contribution is -0.115. The molecule has 3 aromatic rings. The number of nitrogens with two attached hydrogens (primary N) is 1. The average Bonchev–Trinajstić information content (AvgIpc) is 3.11. The van der Waals surface area contributed by atoms with Gasteiger partial charge in [0, 0.05) is 4.47 Å². The Morgan fingerprint density at radius 1 is 1.24 bits per heavy atom. The van der Waals surface area contributed by atoms with E-state index in [2.05, 4.69) is 36.2 Å². The molecular weight excluding hydrogens is 402 g/mol. The third-order valence-electron chi connectivity index (χ3n) is 3.55. The monoisotopic (exact) mass is 413 g/mol. The van der Waals surface area contributed by atoms with Crippen molar-refractivity contribution in [2.24, 2.45) is 4.99 Å². The first-order chi connectivity index (χ1) is 12.1. The second-order valence-electron chi connectivity index (χ2n) is 5.33. The molecule has 0 radical (unpaired) electrons. The number of para-hydroxylation sites is 1. The Morgan fingerprint density at radius 3 is 2.92 bits per heavy atom. The van der Waals surface area contributed by atoms with Gasteiger partial charge in [-0.25, -0.2) is 9.98 Å². The van der Waals surface area contributed by atoms with Crippen LogP contribution in [-0.2, 0) is 4.79 Å². The van der Waals surface area contributed by atoms with Gasteiger partial charge in [-0.3, -0.25) is 4.79 Å². The van der Waals surface area contributed by atoms with Crippen molar-refractivity contribution in [1.82, 2.24) is 15.3 Å². The zero-order valence-corrected chi connectivity index (χ0v) is 15.2. The van der Waals surface area contributed by atoms with Crippen LogP contribution in [0.3, 0.4) is 0 Å². The molecule has 4 rings (SSSR count). The third kappa shape index (κ3) is 3.31. The Hall–Kier alpha value is -2.58. The number of carbonyl (C=O) groups is 1. The molecule has 4 N–H and O–H groups in total. The highest BCUT2D eigenvalue weighted by Gasteiger charge is 2.24. The van der Waals surface area contributed by atoms with E-state index in [0.717, 1.165) is 26.8 Å². The van der Waals surface area contributed by atoms with Crippen LogP contribution in [0.1, 0.15) is 5.56 Å². The summed E-state index contributed by atoms with van der Waals surface area (Å²) in [7, 11) is 0. The maximum atomic E-state index is 12.2. The summed E-state index contributed by atoms with van der Waals surface area (Å²) in [6.45, 7) is 0. The highest BCUT2D eigenvalue weighted by Crippen LogP contribution is 2.31. The first-order valence-electron chi connectivity index (χ1n) is 7.38. The van der Waals surface area contributed by atoms with Crippen molar-refractivity contribution in [2.75, 3.05) is 5.73 Å². The number of thioether (sulfide) groups is 1. The van der Waals surface area contributed by atoms with Crippen LogP contribution in [0.15, 0.2) is 56.8 Å². The molecule has 6 nitrogen and oxygen atoms in total. The van der Waals surface area contributed by atoms with Gasteiger partial charge in [0.15, 0.2) is 11.1 Å². The van der Waals surface area contributed by atoms with E-state index >= 15 is 0 Å². The molecule has 1 aromatic heterocycles. The van der Waals surface area contributed by atoms with E-state index in [1.165, 1.54) is 11.8 Å². The third-order valence-corrected chi connectivity index (χ3v) is 5.13. The van der Waals surface area contributed by atoms with Crippen LogP contribution in [0.5, 0.6) is 0 Å². The molecule has 0 aliphatic carbocycles. The van der Waals surface area contributed by atoms with Crippen LogP contribution in [0.4, 0.5) is 11.6 Å². The van der Waals surface area contributed by atoms with Gasteiger partial charge in [0.25, 0.3) is 5.91 Å². The zero-order chi connectivity index (χ0) is 17.4. The lowest BCUT2D eigenvalue weighted by Gasteiger charge is -1.98. The predicted octanol–water partition coefficient (Wildman–Crippen LogP) is 3.80. The summed E-state index contributed by atoms with van der Waals surface area (Å²) in [6.07, 6.45) is 1.82. The first kappa shape index (κ1) is 15.9. The molecule has 0 unspecified atom stereocenters. The molecule has 0 bridgehead atoms. The van der Waals surface area contributed by atoms with Gasteiger partial charge >= 0.3 is 0 Å². The first-order valence-corrected chi connectivity index (χ1v) is 8.99. The highest BCUT2D eigenvalue weighted by molar-refractivity contribution is 9.10. The number of benzene rings is 2. The summed E-state index contributed by atoms with van der Waals surface area (Å²) in [5.74, 6) is 0.204. The molecule has 1 aliphatic rings. The lowest BCUT2D eigenvalue weighted by Crippen LogP contribution is -2.19. The molecule has 1 saturated heterocycles. The van der Waals surface area contributed by atoms with E-state index in [0.29, 0.717) is 16.0 Å². The Bertz CT molecular complexity index is 1060. The van der Waals surface area contributed by atoms with Crippen LogP contribution in [-0.4, -0.2) is 21.0 Å². The van der Waals surface area contributed by atoms with Crippen LogP contribution in [0, 0.1) is 0 Å². The number of imidazole rings is 1. The summed E-state index contributed by atoms with van der Waals surface area (Å²) < 4.78 is 0.872. The molecule has 2 heterocycles. The number of H-pyrrole nitrogens is 1. The average molecular weight is 414 g/mol. The summed E-state index contributed by atoms with van der Waals surface area (Å²) in [5, 5.41) is 3.34. The molecule has 124 valence electrons. The second kappa shape index (κ2) is 6.38. The van der Waals surface area contributed by atoms with Crippen molar-refractivity contribution < 1.29 is 4.79 Å². The van der Waals surface area contributed by atoms with Crippen molar-refractivity contribution in [2.45, 2.75) is 0 Å². The number of hydrogen-bond donors (Lipinski definition) is 3. The number of aromatic amines is 1. The molecular formula is C17H12BrN5OS. The number of nitrogens with zero attached hydrogens (tertiary/aromatic N) is 2. The standard InChI is InChI=1S/C17H12BrN5OS/c18-10-3-1-2-4-11(10)22-17-23-15(24)14(25-17)8-9-5-6-12-13(7-9)21-16(19)20-12/h1-8H,(H3,19,20,21)(H,22,23,24). The van der Waals surface area contributed by atoms with Gasteiger partial charge in [-0.2, -0.15) is 0 Å². The highest BCUT2D eigenvalue weighted by atomic mass is 79.9. The SMILES string of the molecule is Nc1nc2ccc(C=C3SC(=Nc4ccccc4Br)NC3=O)cc2[nH]1. The molecule has 25 heavy (non-hydrogen) atoms. The van der Waals surface area contributed by atoms with E-state index in [-0.39, 0.29) is 5.91 Å². The zero-order valence-electron chi connectivity index (χ0n) is 12.8. The minimum absolute atomic E-state index is 0.167. The van der Waals surface area contributed by atoms with Crippen molar-refractivity contribution in [3.63, 3.8) is 0 Å². The Morgan fingerprint density at radius 2 is 2.08 bits per heavy atom. The topological polar surface area (TPSA) is 96.2 Å². The van der Waals surface area contributed by atoms with Gasteiger partial charge < -0.3 is 16.0 Å². The number of hydrogen-bond acceptors (Lipinski definition) is 5. The Kier molecular flexibility index (Phi) is 4.06. The van der Waals surface area contributed by atoms with E-state index in [1.807, 2.05) is 48.5 Å². The number of aliphatic imine (C=N–C) groups is 1. The summed E-state index contributed by atoms with van der Waals surface area (Å²) in [6, 6.07) is 13.3. The normalized spacial score (nSPS) is 17.6. The number of amides is 1. The van der Waals surface area contributed by atoms with E-state index < -0.39 is 0 Å². The summed E-state index contributed by atoms with van der Waals surface area (Å²) in [5.41, 5.74) is 8.93. The number of nitrogens with one attached hydrogen (secondary N) is 2. The second-order valence-corrected chi connectivity index (χ2v) is 7.22. The van der Waals surface area contributed by atoms with Gasteiger partial charge in [0.1, 0.15) is 0 Å². The van der Waals surface area contributed by atoms with Gasteiger partial charge in [0.05, 0.1) is 21.6 Å². The molecule has 0 saturated carbocycles. The molecule has 1 fully saturated rings. The predicted molar refractivity (Wildman–Crippen MR) is 105 cm³/mol. The van der Waals surface area contributed by atoms with Crippen LogP contribution >= 0.6 is 27.7 Å². The quantitative estimate of drug-likeness (QED) is 0.556. The molecule has 2 aromatic carbocycles. The van der Waals surface area contributed by atoms with Gasteiger partial charge in [-0.05, 0) is 63.6 Å². The fourth-order valence-electron chi connectivity index (χ4n) is 2.42. The number of nitrogen functional groups attached to an aromatic ring is 1. The van der Waals surface area contributed by atoms with E-state index in [4.69, 9.17) is 5.73 Å². The number of rotatable bonds is 2. The van der Waals surface area contributed by atoms with E-state index in [9.17, 15) is 4.79 Å². The van der Waals surface area contributed by atoms with Gasteiger partial charge in [-0.15, -0.1) is 0 Å². The number of carbonyl (C=O) groups excluding carboxylic acids is 1. The fourth-order valence-corrected chi connectivity index (χ4v) is 3.63. The minimum Gasteiger partial charge on any atom is -0.369 e. The molecule has 1 amide bonds. The minimum atomic E-state index is -0.167. The summed E-state index contributed by atoms with van der Waals surface area (Å²) >= 11 is 4.76. The molecule has 0 spiro atoms. The number of amidine groups is 1. The molecule has 8 heteroatoms. The van der Waals surface area contributed by atoms with E-state index in [1.54, 1.807) is 0 Å². The number of fused-ring (bicyclic) bond motifs is 1. The number of anilines is 1. The van der Waals surface area contributed by atoms with Gasteiger partial charge in [-0.1, -0.05) is 18.2 Å². The molecule has 0 atom stereocenters. The fraction of sp³-hybridized carbons (Fsp3) is 0. The number of aromatic nitrogens is 2. The van der Waals surface area contributed by atoms with Gasteiger partial charge in [0.2, 0.25) is 0 Å². The lowest BCUT2D eigenvalue weighted by atomic mass is 10.2. The largest absolute Gasteiger partial charge is 0.369 e. The van der Waals surface area contributed by atoms with Crippen LogP contribution in [0.2, 0.25) is 0 Å². The maximum absolute atomic E-state index is 12.2. The van der Waals surface area contributed by atoms with Crippen molar-refractivity contribution in [3.05, 3.63) is 57.4 Å². The Balaban J connectivity index is 1.63. The maximum Gasteiger partial charge on any atom is 0.264 e. The smallest absolute Gasteiger partial charge is 0.264 e. The molecule has 1 aliphatic heterocycles. The number of halogens is 1. The van der Waals surface area contributed by atoms with Crippen molar-refractivity contribution in [1.29, 1.82) is 0 Å². The van der Waals surface area contributed by atoms with Crippen LogP contribution < -0.4 is 11.1 Å². The summed E-state index contributed by atoms with van der Waals surface area (Å²) in [4.78, 5) is 24.4. The van der Waals surface area contributed by atoms with Crippen molar-refractivity contribution in [3.8, 4) is 0 Å². The van der Waals surface area contributed by atoms with Crippen molar-refractivity contribution >= 4 is 67.5 Å².